The predicted octanol–water partition coefficient (Wildman–Crippen LogP) is 2.65. The molecule has 1 N–H and O–H groups in total. The van der Waals surface area contributed by atoms with E-state index < -0.39 is 12.1 Å². The normalized spacial score (nSPS) is 18.7. The van der Waals surface area contributed by atoms with E-state index in [0.717, 1.165) is 37.3 Å². The molecular weight excluding hydrogens is 320 g/mol. The van der Waals surface area contributed by atoms with E-state index in [-0.39, 0.29) is 12.0 Å². The van der Waals surface area contributed by atoms with Gasteiger partial charge in [0.05, 0.1) is 19.3 Å². The summed E-state index contributed by atoms with van der Waals surface area (Å²) in [6.07, 6.45) is 2.21. The minimum atomic E-state index is -1.03. The molecule has 0 amide bonds. The van der Waals surface area contributed by atoms with Gasteiger partial charge in [-0.15, -0.1) is 0 Å². The molecule has 0 spiro atoms. The molecular formula is C19H24N2O4. The SMILES string of the molecule is COC(=O)C(O)C1CCN(C(C)c2ncc(-c3ccccc3)o2)CC1. The highest BCUT2D eigenvalue weighted by atomic mass is 16.5. The average molecular weight is 344 g/mol. The van der Waals surface area contributed by atoms with Crippen molar-refractivity contribution in [1.82, 2.24) is 9.88 Å². The molecule has 2 atom stereocenters. The topological polar surface area (TPSA) is 75.8 Å². The van der Waals surface area contributed by atoms with Crippen molar-refractivity contribution in [1.29, 1.82) is 0 Å². The molecule has 1 aromatic carbocycles. The highest BCUT2D eigenvalue weighted by molar-refractivity contribution is 5.74. The molecule has 3 rings (SSSR count). The molecule has 1 fully saturated rings. The molecule has 6 nitrogen and oxygen atoms in total. The molecule has 1 aliphatic heterocycles. The maximum Gasteiger partial charge on any atom is 0.334 e. The van der Waals surface area contributed by atoms with Crippen LogP contribution in [0.4, 0.5) is 0 Å². The second kappa shape index (κ2) is 7.80. The van der Waals surface area contributed by atoms with E-state index in [1.165, 1.54) is 7.11 Å². The van der Waals surface area contributed by atoms with Crippen molar-refractivity contribution >= 4 is 5.97 Å². The van der Waals surface area contributed by atoms with Crippen molar-refractivity contribution < 1.29 is 19.1 Å². The van der Waals surface area contributed by atoms with Crippen molar-refractivity contribution in [2.75, 3.05) is 20.2 Å². The van der Waals surface area contributed by atoms with Crippen molar-refractivity contribution in [2.24, 2.45) is 5.92 Å². The van der Waals surface area contributed by atoms with Crippen molar-refractivity contribution in [3.05, 3.63) is 42.4 Å². The number of benzene rings is 1. The van der Waals surface area contributed by atoms with Crippen LogP contribution >= 0.6 is 0 Å². The number of methoxy groups -OCH3 is 1. The van der Waals surface area contributed by atoms with Crippen molar-refractivity contribution in [3.8, 4) is 11.3 Å². The van der Waals surface area contributed by atoms with E-state index >= 15 is 0 Å². The van der Waals surface area contributed by atoms with E-state index in [2.05, 4.69) is 21.5 Å². The van der Waals surface area contributed by atoms with E-state index in [1.807, 2.05) is 30.3 Å². The maximum absolute atomic E-state index is 11.5. The van der Waals surface area contributed by atoms with Gasteiger partial charge in [0.1, 0.15) is 0 Å². The van der Waals surface area contributed by atoms with E-state index in [0.29, 0.717) is 5.89 Å². The number of carbonyl (C=O) groups is 1. The number of oxazole rings is 1. The van der Waals surface area contributed by atoms with Gasteiger partial charge in [0, 0.05) is 5.56 Å². The van der Waals surface area contributed by atoms with E-state index in [4.69, 9.17) is 4.42 Å². The number of aromatic nitrogens is 1. The molecule has 0 saturated carbocycles. The number of hydrogen-bond acceptors (Lipinski definition) is 6. The number of likely N-dealkylation sites (tertiary alicyclic amines) is 1. The van der Waals surface area contributed by atoms with E-state index in [9.17, 15) is 9.90 Å². The van der Waals surface area contributed by atoms with Gasteiger partial charge in [0.15, 0.2) is 11.9 Å². The predicted molar refractivity (Wildman–Crippen MR) is 92.7 cm³/mol. The second-order valence-electron chi connectivity index (χ2n) is 6.45. The van der Waals surface area contributed by atoms with Gasteiger partial charge in [-0.05, 0) is 38.8 Å². The van der Waals surface area contributed by atoms with Crippen LogP contribution in [0.25, 0.3) is 11.3 Å². The number of carbonyl (C=O) groups excluding carboxylic acids is 1. The fourth-order valence-electron chi connectivity index (χ4n) is 3.31. The van der Waals surface area contributed by atoms with Gasteiger partial charge in [-0.1, -0.05) is 30.3 Å². The van der Waals surface area contributed by atoms with Crippen LogP contribution in [0.2, 0.25) is 0 Å². The first-order valence-corrected chi connectivity index (χ1v) is 8.61. The third-order valence-electron chi connectivity index (χ3n) is 4.95. The van der Waals surface area contributed by atoms with Crippen molar-refractivity contribution in [2.45, 2.75) is 31.9 Å². The van der Waals surface area contributed by atoms with Crippen LogP contribution in [-0.4, -0.2) is 47.3 Å². The van der Waals surface area contributed by atoms with Gasteiger partial charge in [-0.25, -0.2) is 9.78 Å². The molecule has 6 heteroatoms. The summed E-state index contributed by atoms with van der Waals surface area (Å²) in [7, 11) is 1.30. The summed E-state index contributed by atoms with van der Waals surface area (Å²) < 4.78 is 10.6. The van der Waals surface area contributed by atoms with Crippen LogP contribution in [0.15, 0.2) is 40.9 Å². The third-order valence-corrected chi connectivity index (χ3v) is 4.95. The Kier molecular flexibility index (Phi) is 5.50. The van der Waals surface area contributed by atoms with Gasteiger partial charge < -0.3 is 14.3 Å². The van der Waals surface area contributed by atoms with Crippen LogP contribution < -0.4 is 0 Å². The van der Waals surface area contributed by atoms with Gasteiger partial charge in [0.2, 0.25) is 5.89 Å². The molecule has 0 bridgehead atoms. The van der Waals surface area contributed by atoms with Crippen LogP contribution in [-0.2, 0) is 9.53 Å². The molecule has 2 unspecified atom stereocenters. The lowest BCUT2D eigenvalue weighted by molar-refractivity contribution is -0.154. The molecule has 2 aromatic rings. The minimum Gasteiger partial charge on any atom is -0.467 e. The fourth-order valence-corrected chi connectivity index (χ4v) is 3.31. The van der Waals surface area contributed by atoms with Gasteiger partial charge in [-0.3, -0.25) is 4.90 Å². The minimum absolute atomic E-state index is 0.0497. The number of aliphatic hydroxyl groups excluding tert-OH is 1. The number of hydrogen-bond donors (Lipinski definition) is 1. The standard InChI is InChI=1S/C19H24N2O4/c1-13(18-20-12-16(25-18)14-6-4-3-5-7-14)21-10-8-15(9-11-21)17(22)19(23)24-2/h3-7,12-13,15,17,22H,8-11H2,1-2H3. The Bertz CT molecular complexity index is 692. The van der Waals surface area contributed by atoms with Crippen LogP contribution in [0, 0.1) is 5.92 Å². The summed E-state index contributed by atoms with van der Waals surface area (Å²) in [5, 5.41) is 9.99. The molecule has 0 aliphatic carbocycles. The monoisotopic (exact) mass is 344 g/mol. The van der Waals surface area contributed by atoms with Gasteiger partial charge in [0.25, 0.3) is 0 Å². The molecule has 1 aliphatic rings. The fraction of sp³-hybridized carbons (Fsp3) is 0.474. The Morgan fingerprint density at radius 1 is 1.32 bits per heavy atom. The van der Waals surface area contributed by atoms with Crippen molar-refractivity contribution in [3.63, 3.8) is 0 Å². The second-order valence-corrected chi connectivity index (χ2v) is 6.45. The Balaban J connectivity index is 1.61. The number of ether oxygens (including phenoxy) is 1. The molecule has 2 heterocycles. The number of nitrogens with zero attached hydrogens (tertiary/aromatic N) is 2. The first kappa shape index (κ1) is 17.6. The lowest BCUT2D eigenvalue weighted by Crippen LogP contribution is -2.41. The zero-order valence-electron chi connectivity index (χ0n) is 14.6. The summed E-state index contributed by atoms with van der Waals surface area (Å²) in [5.74, 6) is 0.844. The zero-order valence-corrected chi connectivity index (χ0v) is 14.6. The lowest BCUT2D eigenvalue weighted by atomic mass is 9.90. The molecule has 134 valence electrons. The van der Waals surface area contributed by atoms with Crippen LogP contribution in [0.5, 0.6) is 0 Å². The average Bonchev–Trinajstić information content (AvgIpc) is 3.17. The number of aliphatic hydroxyl groups is 1. The smallest absolute Gasteiger partial charge is 0.334 e. The molecule has 0 radical (unpaired) electrons. The summed E-state index contributed by atoms with van der Waals surface area (Å²) >= 11 is 0. The molecule has 1 saturated heterocycles. The zero-order chi connectivity index (χ0) is 17.8. The Hall–Kier alpha value is -2.18. The Labute approximate surface area is 147 Å². The van der Waals surface area contributed by atoms with Crippen LogP contribution in [0.1, 0.15) is 31.7 Å². The quantitative estimate of drug-likeness (QED) is 0.841. The Morgan fingerprint density at radius 2 is 2.00 bits per heavy atom. The summed E-state index contributed by atoms with van der Waals surface area (Å²) in [4.78, 5) is 18.2. The highest BCUT2D eigenvalue weighted by Gasteiger charge is 2.32. The summed E-state index contributed by atoms with van der Waals surface area (Å²) in [6.45, 7) is 3.63. The largest absolute Gasteiger partial charge is 0.467 e. The lowest BCUT2D eigenvalue weighted by Gasteiger charge is -2.35. The number of rotatable bonds is 5. The Morgan fingerprint density at radius 3 is 2.64 bits per heavy atom. The third kappa shape index (κ3) is 3.91. The highest BCUT2D eigenvalue weighted by Crippen LogP contribution is 2.30. The number of piperidine rings is 1. The first-order chi connectivity index (χ1) is 12.1. The molecule has 1 aromatic heterocycles. The number of esters is 1. The summed E-state index contributed by atoms with van der Waals surface area (Å²) in [6, 6.07) is 9.95. The van der Waals surface area contributed by atoms with Gasteiger partial charge in [-0.2, -0.15) is 0 Å². The van der Waals surface area contributed by atoms with Gasteiger partial charge >= 0.3 is 5.97 Å². The van der Waals surface area contributed by atoms with E-state index in [1.54, 1.807) is 6.20 Å². The molecule has 25 heavy (non-hydrogen) atoms. The maximum atomic E-state index is 11.5. The first-order valence-electron chi connectivity index (χ1n) is 8.61. The van der Waals surface area contributed by atoms with Crippen LogP contribution in [0.3, 0.4) is 0 Å². The summed E-state index contributed by atoms with van der Waals surface area (Å²) in [5.41, 5.74) is 1.01.